The molecule has 116 valence electrons. The second-order valence-electron chi connectivity index (χ2n) is 5.54. The van der Waals surface area contributed by atoms with Gasteiger partial charge in [0.25, 0.3) is 0 Å². The van der Waals surface area contributed by atoms with Crippen molar-refractivity contribution in [2.75, 3.05) is 13.1 Å². The molecule has 0 N–H and O–H groups in total. The second-order valence-corrected chi connectivity index (χ2v) is 5.54. The van der Waals surface area contributed by atoms with Gasteiger partial charge in [0.1, 0.15) is 11.0 Å². The molecule has 0 fully saturated rings. The normalized spacial score (nSPS) is 11.5. The van der Waals surface area contributed by atoms with Crippen LogP contribution in [0.4, 0.5) is 0 Å². The Balaban J connectivity index is 2.18. The maximum absolute atomic E-state index is 12.1. The highest BCUT2D eigenvalue weighted by molar-refractivity contribution is 5.79. The van der Waals surface area contributed by atoms with Gasteiger partial charge in [0.15, 0.2) is 0 Å². The number of carbonyl (C=O) groups is 1. The number of amides is 1. The number of rotatable bonds is 6. The van der Waals surface area contributed by atoms with Gasteiger partial charge in [-0.1, -0.05) is 0 Å². The Morgan fingerprint density at radius 1 is 1.33 bits per heavy atom. The minimum absolute atomic E-state index is 0.178. The van der Waals surface area contributed by atoms with Gasteiger partial charge in [-0.25, -0.2) is 0 Å². The molecule has 2 aromatic rings. The number of nitrogens with zero attached hydrogens (tertiary/aromatic N) is 5. The number of aromatic nitrogens is 4. The average molecular weight is 291 g/mol. The molecule has 0 saturated heterocycles. The fourth-order valence-electron chi connectivity index (χ4n) is 2.68. The monoisotopic (exact) mass is 291 g/mol. The summed E-state index contributed by atoms with van der Waals surface area (Å²) in [6.45, 7) is 12.3. The van der Waals surface area contributed by atoms with Crippen molar-refractivity contribution in [3.8, 4) is 0 Å². The van der Waals surface area contributed by atoms with Gasteiger partial charge in [-0.15, -0.1) is 0 Å². The molecule has 0 atom stereocenters. The summed E-state index contributed by atoms with van der Waals surface area (Å²) < 4.78 is 3.89. The molecule has 6 heteroatoms. The van der Waals surface area contributed by atoms with E-state index in [1.54, 1.807) is 0 Å². The molecule has 0 aliphatic rings. The lowest BCUT2D eigenvalue weighted by atomic mass is 10.3. The van der Waals surface area contributed by atoms with Crippen LogP contribution in [0.15, 0.2) is 6.20 Å². The van der Waals surface area contributed by atoms with E-state index in [9.17, 15) is 4.79 Å². The zero-order chi connectivity index (χ0) is 15.6. The molecule has 0 aliphatic heterocycles. The highest BCUT2D eigenvalue weighted by atomic mass is 16.2. The smallest absolute Gasteiger partial charge is 0.224 e. The van der Waals surface area contributed by atoms with Gasteiger partial charge in [-0.3, -0.25) is 14.2 Å². The van der Waals surface area contributed by atoms with Crippen molar-refractivity contribution >= 4 is 16.9 Å². The van der Waals surface area contributed by atoms with E-state index in [2.05, 4.69) is 24.0 Å². The summed E-state index contributed by atoms with van der Waals surface area (Å²) in [5, 5.41) is 8.99. The maximum atomic E-state index is 12.1. The number of carbonyl (C=O) groups excluding carboxylic acids is 1. The quantitative estimate of drug-likeness (QED) is 0.821. The molecule has 2 aromatic heterocycles. The van der Waals surface area contributed by atoms with E-state index in [4.69, 9.17) is 0 Å². The molecule has 0 bridgehead atoms. The SMILES string of the molecule is CCN(CC)C(=O)CCn1ncc2c1c(C)nn2C(C)C. The second kappa shape index (κ2) is 6.28. The van der Waals surface area contributed by atoms with Crippen molar-refractivity contribution in [3.63, 3.8) is 0 Å². The van der Waals surface area contributed by atoms with Gasteiger partial charge < -0.3 is 4.90 Å². The molecule has 21 heavy (non-hydrogen) atoms. The standard InChI is InChI=1S/C15H25N5O/c1-6-18(7-2)14(21)8-9-19-15-12(5)17-20(11(3)4)13(15)10-16-19/h10-11H,6-9H2,1-5H3. The third-order valence-corrected chi connectivity index (χ3v) is 3.81. The van der Waals surface area contributed by atoms with Crippen LogP contribution in [0.25, 0.3) is 11.0 Å². The van der Waals surface area contributed by atoms with Crippen LogP contribution in [0, 0.1) is 6.92 Å². The lowest BCUT2D eigenvalue weighted by Gasteiger charge is -2.18. The summed E-state index contributed by atoms with van der Waals surface area (Å²) in [5.41, 5.74) is 3.04. The van der Waals surface area contributed by atoms with E-state index < -0.39 is 0 Å². The Hall–Kier alpha value is -1.85. The van der Waals surface area contributed by atoms with Crippen LogP contribution in [0.3, 0.4) is 0 Å². The Morgan fingerprint density at radius 3 is 2.57 bits per heavy atom. The van der Waals surface area contributed by atoms with Crippen LogP contribution in [0.5, 0.6) is 0 Å². The van der Waals surface area contributed by atoms with E-state index in [1.807, 2.05) is 41.2 Å². The fraction of sp³-hybridized carbons (Fsp3) is 0.667. The lowest BCUT2D eigenvalue weighted by molar-refractivity contribution is -0.131. The summed E-state index contributed by atoms with van der Waals surface area (Å²) in [6, 6.07) is 0.302. The summed E-state index contributed by atoms with van der Waals surface area (Å²) >= 11 is 0. The first-order valence-electron chi connectivity index (χ1n) is 7.67. The van der Waals surface area contributed by atoms with Crippen molar-refractivity contribution in [3.05, 3.63) is 11.9 Å². The molecule has 0 unspecified atom stereocenters. The van der Waals surface area contributed by atoms with Crippen molar-refractivity contribution < 1.29 is 4.79 Å². The molecule has 2 heterocycles. The predicted octanol–water partition coefficient (Wildman–Crippen LogP) is 2.38. The third kappa shape index (κ3) is 2.94. The number of hydrogen-bond acceptors (Lipinski definition) is 3. The van der Waals surface area contributed by atoms with Crippen LogP contribution in [0.2, 0.25) is 0 Å². The summed E-state index contributed by atoms with van der Waals surface area (Å²) in [7, 11) is 0. The minimum atomic E-state index is 0.178. The summed E-state index contributed by atoms with van der Waals surface area (Å²) in [5.74, 6) is 0.178. The van der Waals surface area contributed by atoms with Crippen LogP contribution in [0.1, 0.15) is 45.9 Å². The highest BCUT2D eigenvalue weighted by Gasteiger charge is 2.16. The van der Waals surface area contributed by atoms with Crippen molar-refractivity contribution in [1.29, 1.82) is 0 Å². The third-order valence-electron chi connectivity index (χ3n) is 3.81. The van der Waals surface area contributed by atoms with Crippen LogP contribution < -0.4 is 0 Å². The molecule has 2 rings (SSSR count). The first kappa shape index (κ1) is 15.5. The first-order valence-corrected chi connectivity index (χ1v) is 7.67. The molecule has 0 radical (unpaired) electrons. The number of aryl methyl sites for hydroxylation is 2. The molecule has 6 nitrogen and oxygen atoms in total. The Bertz CT molecular complexity index is 621. The Kier molecular flexibility index (Phi) is 4.65. The maximum Gasteiger partial charge on any atom is 0.224 e. The van der Waals surface area contributed by atoms with E-state index in [-0.39, 0.29) is 5.91 Å². The van der Waals surface area contributed by atoms with E-state index in [0.717, 1.165) is 29.8 Å². The van der Waals surface area contributed by atoms with Crippen LogP contribution >= 0.6 is 0 Å². The van der Waals surface area contributed by atoms with Crippen LogP contribution in [-0.2, 0) is 11.3 Å². The predicted molar refractivity (Wildman–Crippen MR) is 83.2 cm³/mol. The molecule has 0 spiro atoms. The number of fused-ring (bicyclic) bond motifs is 1. The van der Waals surface area contributed by atoms with Crippen molar-refractivity contribution in [2.24, 2.45) is 0 Å². The first-order chi connectivity index (χ1) is 9.99. The summed E-state index contributed by atoms with van der Waals surface area (Å²) in [6.07, 6.45) is 2.32. The molecule has 0 aromatic carbocycles. The van der Waals surface area contributed by atoms with E-state index in [0.29, 0.717) is 19.0 Å². The van der Waals surface area contributed by atoms with Gasteiger partial charge in [-0.05, 0) is 34.6 Å². The Morgan fingerprint density at radius 2 is 2.00 bits per heavy atom. The van der Waals surface area contributed by atoms with Gasteiger partial charge in [-0.2, -0.15) is 10.2 Å². The lowest BCUT2D eigenvalue weighted by Crippen LogP contribution is -2.31. The van der Waals surface area contributed by atoms with E-state index in [1.165, 1.54) is 0 Å². The molecular weight excluding hydrogens is 266 g/mol. The van der Waals surface area contributed by atoms with Gasteiger partial charge in [0.05, 0.1) is 18.4 Å². The van der Waals surface area contributed by atoms with Gasteiger partial charge in [0.2, 0.25) is 5.91 Å². The Labute approximate surface area is 125 Å². The van der Waals surface area contributed by atoms with Crippen molar-refractivity contribution in [1.82, 2.24) is 24.5 Å². The molecule has 1 amide bonds. The average Bonchev–Trinajstić information content (AvgIpc) is 2.99. The molecule has 0 saturated carbocycles. The van der Waals surface area contributed by atoms with Gasteiger partial charge >= 0.3 is 0 Å². The fourth-order valence-corrected chi connectivity index (χ4v) is 2.68. The van der Waals surface area contributed by atoms with Crippen LogP contribution in [-0.4, -0.2) is 43.5 Å². The zero-order valence-corrected chi connectivity index (χ0v) is 13.6. The summed E-state index contributed by atoms with van der Waals surface area (Å²) in [4.78, 5) is 14.0. The zero-order valence-electron chi connectivity index (χ0n) is 13.6. The highest BCUT2D eigenvalue weighted by Crippen LogP contribution is 2.21. The molecular formula is C15H25N5O. The van der Waals surface area contributed by atoms with Gasteiger partial charge in [0, 0.05) is 25.6 Å². The van der Waals surface area contributed by atoms with Crippen molar-refractivity contribution in [2.45, 2.75) is 53.6 Å². The van der Waals surface area contributed by atoms with E-state index >= 15 is 0 Å². The molecule has 0 aliphatic carbocycles. The topological polar surface area (TPSA) is 56.0 Å². The minimum Gasteiger partial charge on any atom is -0.343 e. The number of hydrogen-bond donors (Lipinski definition) is 0. The largest absolute Gasteiger partial charge is 0.343 e.